The summed E-state index contributed by atoms with van der Waals surface area (Å²) in [6, 6.07) is -0.913. The van der Waals surface area contributed by atoms with E-state index in [2.05, 4.69) is 12.2 Å². The summed E-state index contributed by atoms with van der Waals surface area (Å²) in [5.41, 5.74) is 0. The Hall–Kier alpha value is -1.52. The van der Waals surface area contributed by atoms with Crippen molar-refractivity contribution in [2.75, 3.05) is 0 Å². The predicted octanol–water partition coefficient (Wildman–Crippen LogP) is 4.87. The zero-order valence-corrected chi connectivity index (χ0v) is 14.8. The van der Waals surface area contributed by atoms with E-state index in [-0.39, 0.29) is 5.92 Å². The first-order valence-corrected chi connectivity index (χ1v) is 8.87. The van der Waals surface area contributed by atoms with Gasteiger partial charge in [-0.2, -0.15) is 0 Å². The molecule has 0 aromatic rings. The molecule has 23 heavy (non-hydrogen) atoms. The van der Waals surface area contributed by atoms with Crippen LogP contribution in [-0.4, -0.2) is 23.2 Å². The van der Waals surface area contributed by atoms with Crippen molar-refractivity contribution in [1.29, 1.82) is 0 Å². The molecule has 2 atom stereocenters. The molecule has 0 saturated heterocycles. The lowest BCUT2D eigenvalue weighted by Crippen LogP contribution is -2.44. The molecule has 0 saturated carbocycles. The molecule has 0 heterocycles. The average molecular weight is 327 g/mol. The topological polar surface area (TPSA) is 75.6 Å². The zero-order valence-electron chi connectivity index (χ0n) is 14.8. The number of aliphatic carboxylic acids is 1. The van der Waals surface area contributed by atoms with Gasteiger partial charge in [0.15, 0.2) is 0 Å². The molecule has 0 fully saturated rings. The Morgan fingerprint density at radius 1 is 1.09 bits per heavy atom. The first-order chi connectivity index (χ1) is 11.0. The molecule has 1 amide bonds. The maximum absolute atomic E-state index is 11.6. The van der Waals surface area contributed by atoms with Gasteiger partial charge in [0.05, 0.1) is 6.26 Å². The van der Waals surface area contributed by atoms with Crippen molar-refractivity contribution in [2.45, 2.75) is 84.6 Å². The van der Waals surface area contributed by atoms with Gasteiger partial charge in [-0.05, 0) is 24.8 Å². The van der Waals surface area contributed by atoms with Crippen LogP contribution in [0, 0.1) is 5.92 Å². The highest BCUT2D eigenvalue weighted by Gasteiger charge is 2.25. The first kappa shape index (κ1) is 21.5. The van der Waals surface area contributed by atoms with Crippen molar-refractivity contribution in [2.24, 2.45) is 5.92 Å². The molecule has 0 aromatic carbocycles. The molecule has 0 aromatic heterocycles. The number of alkyl carbamates (subject to hydrolysis) is 1. The van der Waals surface area contributed by atoms with E-state index in [1.54, 1.807) is 6.92 Å². The van der Waals surface area contributed by atoms with E-state index in [9.17, 15) is 9.59 Å². The Labute approximate surface area is 140 Å². The van der Waals surface area contributed by atoms with E-state index < -0.39 is 18.1 Å². The van der Waals surface area contributed by atoms with E-state index in [4.69, 9.17) is 9.84 Å². The normalized spacial score (nSPS) is 13.7. The second-order valence-electron chi connectivity index (χ2n) is 6.03. The lowest BCUT2D eigenvalue weighted by molar-refractivity contribution is -0.140. The molecule has 0 aliphatic rings. The first-order valence-electron chi connectivity index (χ1n) is 8.87. The monoisotopic (exact) mass is 327 g/mol. The number of carboxylic acids is 1. The Morgan fingerprint density at radius 3 is 2.26 bits per heavy atom. The van der Waals surface area contributed by atoms with Crippen LogP contribution in [0.25, 0.3) is 0 Å². The van der Waals surface area contributed by atoms with Crippen molar-refractivity contribution in [3.8, 4) is 0 Å². The van der Waals surface area contributed by atoms with Crippen LogP contribution >= 0.6 is 0 Å². The van der Waals surface area contributed by atoms with Gasteiger partial charge in [-0.1, -0.05) is 65.7 Å². The highest BCUT2D eigenvalue weighted by molar-refractivity contribution is 5.80. The summed E-state index contributed by atoms with van der Waals surface area (Å²) in [5.74, 6) is -1.18. The highest BCUT2D eigenvalue weighted by Crippen LogP contribution is 2.09. The van der Waals surface area contributed by atoms with E-state index in [0.29, 0.717) is 6.42 Å². The third kappa shape index (κ3) is 11.7. The van der Waals surface area contributed by atoms with Crippen molar-refractivity contribution >= 4 is 12.1 Å². The number of rotatable bonds is 13. The SMILES string of the molecule is CCCCCCCCCC=COC(=O)N[C@H](C(=O)O)[C@@H](C)CC. The summed E-state index contributed by atoms with van der Waals surface area (Å²) in [5, 5.41) is 11.5. The quantitative estimate of drug-likeness (QED) is 0.374. The van der Waals surface area contributed by atoms with Crippen molar-refractivity contribution in [3.63, 3.8) is 0 Å². The largest absolute Gasteiger partial charge is 0.480 e. The number of carboxylic acid groups (broad SMARTS) is 1. The van der Waals surface area contributed by atoms with Crippen molar-refractivity contribution in [1.82, 2.24) is 5.32 Å². The molecule has 0 aliphatic heterocycles. The standard InChI is InChI=1S/C18H33NO4/c1-4-6-7-8-9-10-11-12-13-14-23-18(22)19-16(17(20)21)15(3)5-2/h13-16H,4-12H2,1-3H3,(H,19,22)(H,20,21)/t15-,16-/m0/s1. The molecule has 0 radical (unpaired) electrons. The van der Waals surface area contributed by atoms with Crippen LogP contribution in [0.3, 0.4) is 0 Å². The molecular weight excluding hydrogens is 294 g/mol. The van der Waals surface area contributed by atoms with Crippen molar-refractivity contribution in [3.05, 3.63) is 12.3 Å². The van der Waals surface area contributed by atoms with Gasteiger partial charge in [0.25, 0.3) is 0 Å². The number of hydrogen-bond donors (Lipinski definition) is 2. The minimum Gasteiger partial charge on any atom is -0.480 e. The number of hydrogen-bond acceptors (Lipinski definition) is 3. The third-order valence-electron chi connectivity index (χ3n) is 4.00. The number of ether oxygens (including phenoxy) is 1. The lowest BCUT2D eigenvalue weighted by atomic mass is 10.00. The smallest absolute Gasteiger partial charge is 0.412 e. The molecule has 0 bridgehead atoms. The van der Waals surface area contributed by atoms with Gasteiger partial charge in [-0.15, -0.1) is 0 Å². The summed E-state index contributed by atoms with van der Waals surface area (Å²) in [6.07, 6.45) is 12.7. The fourth-order valence-electron chi connectivity index (χ4n) is 2.24. The number of amides is 1. The number of carbonyl (C=O) groups is 2. The van der Waals surface area contributed by atoms with Crippen molar-refractivity contribution < 1.29 is 19.4 Å². The Bertz CT molecular complexity index is 355. The number of carbonyl (C=O) groups excluding carboxylic acids is 1. The van der Waals surface area contributed by atoms with Crippen LogP contribution < -0.4 is 5.32 Å². The van der Waals surface area contributed by atoms with E-state index in [1.807, 2.05) is 13.0 Å². The molecule has 0 unspecified atom stereocenters. The molecule has 134 valence electrons. The molecule has 5 heteroatoms. The van der Waals surface area contributed by atoms with Gasteiger partial charge in [0.2, 0.25) is 0 Å². The van der Waals surface area contributed by atoms with Crippen LogP contribution in [-0.2, 0) is 9.53 Å². The summed E-state index contributed by atoms with van der Waals surface area (Å²) in [6.45, 7) is 5.88. The van der Waals surface area contributed by atoms with Gasteiger partial charge in [-0.3, -0.25) is 0 Å². The minimum absolute atomic E-state index is 0.142. The summed E-state index contributed by atoms with van der Waals surface area (Å²) >= 11 is 0. The van der Waals surface area contributed by atoms with E-state index >= 15 is 0 Å². The fourth-order valence-corrected chi connectivity index (χ4v) is 2.24. The highest BCUT2D eigenvalue weighted by atomic mass is 16.5. The van der Waals surface area contributed by atoms with Gasteiger partial charge in [0, 0.05) is 0 Å². The molecule has 0 spiro atoms. The number of allylic oxidation sites excluding steroid dienone is 1. The van der Waals surface area contributed by atoms with Gasteiger partial charge in [-0.25, -0.2) is 9.59 Å². The van der Waals surface area contributed by atoms with Gasteiger partial charge in [0.1, 0.15) is 6.04 Å². The van der Waals surface area contributed by atoms with Crippen LogP contribution in [0.2, 0.25) is 0 Å². The number of nitrogens with one attached hydrogen (secondary N) is 1. The van der Waals surface area contributed by atoms with Crippen LogP contribution in [0.4, 0.5) is 4.79 Å². The molecule has 0 rings (SSSR count). The average Bonchev–Trinajstić information content (AvgIpc) is 2.53. The minimum atomic E-state index is -1.04. The number of unbranched alkanes of at least 4 members (excludes halogenated alkanes) is 7. The predicted molar refractivity (Wildman–Crippen MR) is 92.2 cm³/mol. The van der Waals surface area contributed by atoms with Gasteiger partial charge >= 0.3 is 12.1 Å². The maximum atomic E-state index is 11.6. The molecule has 0 aliphatic carbocycles. The molecular formula is C18H33NO4. The molecule has 5 nitrogen and oxygen atoms in total. The second-order valence-corrected chi connectivity index (χ2v) is 6.03. The summed E-state index contributed by atoms with van der Waals surface area (Å²) < 4.78 is 4.88. The molecule has 2 N–H and O–H groups in total. The third-order valence-corrected chi connectivity index (χ3v) is 4.00. The summed E-state index contributed by atoms with van der Waals surface area (Å²) in [4.78, 5) is 22.7. The van der Waals surface area contributed by atoms with E-state index in [0.717, 1.165) is 12.8 Å². The second kappa shape index (κ2) is 14.1. The van der Waals surface area contributed by atoms with E-state index in [1.165, 1.54) is 44.8 Å². The maximum Gasteiger partial charge on any atom is 0.412 e. The van der Waals surface area contributed by atoms with Crippen LogP contribution in [0.15, 0.2) is 12.3 Å². The van der Waals surface area contributed by atoms with Gasteiger partial charge < -0.3 is 15.2 Å². The summed E-state index contributed by atoms with van der Waals surface area (Å²) in [7, 11) is 0. The Kier molecular flexibility index (Phi) is 13.2. The zero-order chi connectivity index (χ0) is 17.5. The fraction of sp³-hybridized carbons (Fsp3) is 0.778. The Balaban J connectivity index is 3.77. The Morgan fingerprint density at radius 2 is 1.70 bits per heavy atom. The lowest BCUT2D eigenvalue weighted by Gasteiger charge is -2.19. The van der Waals surface area contributed by atoms with Crippen LogP contribution in [0.1, 0.15) is 78.6 Å². The van der Waals surface area contributed by atoms with Crippen LogP contribution in [0.5, 0.6) is 0 Å².